The first kappa shape index (κ1) is 19.5. The summed E-state index contributed by atoms with van der Waals surface area (Å²) in [7, 11) is 2.16. The minimum Gasteiger partial charge on any atom is -0.452 e. The van der Waals surface area contributed by atoms with E-state index in [1.54, 1.807) is 0 Å². The van der Waals surface area contributed by atoms with Crippen LogP contribution in [0.2, 0.25) is 10.4 Å². The van der Waals surface area contributed by atoms with Crippen molar-refractivity contribution < 1.29 is 29.3 Å². The molecule has 4 atom stereocenters. The van der Waals surface area contributed by atoms with Gasteiger partial charge in [-0.05, 0) is 18.0 Å². The zero-order valence-corrected chi connectivity index (χ0v) is 15.6. The van der Waals surface area contributed by atoms with Gasteiger partial charge in [-0.1, -0.05) is 11.6 Å². The van der Waals surface area contributed by atoms with Crippen LogP contribution < -0.4 is 0 Å². The molecule has 1 fully saturated rings. The van der Waals surface area contributed by atoms with Crippen LogP contribution in [0.15, 0.2) is 6.33 Å². The van der Waals surface area contributed by atoms with Crippen LogP contribution in [-0.4, -0.2) is 79.3 Å². The molecule has 2 heterocycles. The second-order valence-corrected chi connectivity index (χ2v) is 6.47. The first-order valence-electron chi connectivity index (χ1n) is 7.67. The molecule has 146 valence electrons. The SMILES string of the molecule is COC(=O)N(C(=O)OC)[C@H]1C[C@@H](n2cnc3c(Cl)nc(Cl)nc32)[C@H](O)[C@@H]1O. The van der Waals surface area contributed by atoms with Crippen LogP contribution in [0.25, 0.3) is 11.2 Å². The molecule has 1 saturated carbocycles. The number of hydrogen-bond acceptors (Lipinski definition) is 9. The van der Waals surface area contributed by atoms with Gasteiger partial charge in [-0.15, -0.1) is 0 Å². The van der Waals surface area contributed by atoms with E-state index in [4.69, 9.17) is 23.2 Å². The fourth-order valence-electron chi connectivity index (χ4n) is 3.16. The van der Waals surface area contributed by atoms with Crippen LogP contribution in [0.5, 0.6) is 0 Å². The first-order chi connectivity index (χ1) is 12.8. The highest BCUT2D eigenvalue weighted by Gasteiger charge is 2.49. The van der Waals surface area contributed by atoms with Crippen LogP contribution >= 0.6 is 23.2 Å². The standard InChI is InChI=1S/C14H15Cl2N5O6/c1-26-13(24)21(14(25)27-2)6-3-5(8(22)9(6)23)20-4-17-7-10(15)18-12(16)19-11(7)20/h4-6,8-9,22-23H,3H2,1-2H3/t5-,6+,8+,9-/m1/s1. The predicted octanol–water partition coefficient (Wildman–Crippen LogP) is 1.00. The molecule has 2 N–H and O–H groups in total. The second kappa shape index (κ2) is 7.43. The Balaban J connectivity index is 2.00. The van der Waals surface area contributed by atoms with Crippen molar-refractivity contribution in [3.8, 4) is 0 Å². The van der Waals surface area contributed by atoms with E-state index in [0.717, 1.165) is 14.2 Å². The van der Waals surface area contributed by atoms with Gasteiger partial charge >= 0.3 is 12.2 Å². The van der Waals surface area contributed by atoms with Crippen molar-refractivity contribution in [2.45, 2.75) is 30.7 Å². The number of nitrogens with zero attached hydrogens (tertiary/aromatic N) is 5. The van der Waals surface area contributed by atoms with Gasteiger partial charge in [-0.3, -0.25) is 0 Å². The molecule has 2 aromatic rings. The van der Waals surface area contributed by atoms with Gasteiger partial charge in [0.1, 0.15) is 17.7 Å². The highest BCUT2D eigenvalue weighted by Crippen LogP contribution is 2.36. The molecule has 0 spiro atoms. The van der Waals surface area contributed by atoms with Crippen LogP contribution in [0.4, 0.5) is 9.59 Å². The second-order valence-electron chi connectivity index (χ2n) is 5.77. The molecule has 0 aromatic carbocycles. The number of rotatable bonds is 2. The smallest absolute Gasteiger partial charge is 0.419 e. The molecule has 11 nitrogen and oxygen atoms in total. The number of carbonyl (C=O) groups excluding carboxylic acids is 2. The Hall–Kier alpha value is -2.21. The molecule has 1 aliphatic carbocycles. The third-order valence-corrected chi connectivity index (χ3v) is 4.84. The number of aliphatic hydroxyl groups excluding tert-OH is 2. The Bertz CT molecular complexity index is 876. The Kier molecular flexibility index (Phi) is 5.38. The van der Waals surface area contributed by atoms with Crippen molar-refractivity contribution in [3.63, 3.8) is 0 Å². The van der Waals surface area contributed by atoms with Crippen molar-refractivity contribution in [1.29, 1.82) is 0 Å². The maximum atomic E-state index is 12.0. The Morgan fingerprint density at radius 3 is 2.41 bits per heavy atom. The van der Waals surface area contributed by atoms with Crippen LogP contribution in [0, 0.1) is 0 Å². The van der Waals surface area contributed by atoms with Crippen molar-refractivity contribution in [3.05, 3.63) is 16.8 Å². The Morgan fingerprint density at radius 2 is 1.81 bits per heavy atom. The van der Waals surface area contributed by atoms with Gasteiger partial charge in [0.15, 0.2) is 10.8 Å². The normalized spacial score (nSPS) is 24.8. The fourth-order valence-corrected chi connectivity index (χ4v) is 3.58. The maximum Gasteiger partial charge on any atom is 0.419 e. The molecule has 2 amide bonds. The van der Waals surface area contributed by atoms with Gasteiger partial charge in [0, 0.05) is 0 Å². The lowest BCUT2D eigenvalue weighted by Gasteiger charge is -2.26. The maximum absolute atomic E-state index is 12.0. The molecular formula is C14H15Cl2N5O6. The number of carbonyl (C=O) groups is 2. The van der Waals surface area contributed by atoms with E-state index >= 15 is 0 Å². The summed E-state index contributed by atoms with van der Waals surface area (Å²) in [6, 6.07) is -1.89. The largest absolute Gasteiger partial charge is 0.452 e. The highest BCUT2D eigenvalue weighted by atomic mass is 35.5. The summed E-state index contributed by atoms with van der Waals surface area (Å²) in [6.07, 6.45) is -3.52. The average molecular weight is 420 g/mol. The Labute approximate surface area is 162 Å². The first-order valence-corrected chi connectivity index (χ1v) is 8.42. The monoisotopic (exact) mass is 419 g/mol. The van der Waals surface area contributed by atoms with Gasteiger partial charge in [0.05, 0.1) is 32.6 Å². The third-order valence-electron chi connectivity index (χ3n) is 4.40. The van der Waals surface area contributed by atoms with Crippen LogP contribution in [0.3, 0.4) is 0 Å². The van der Waals surface area contributed by atoms with Gasteiger partial charge in [-0.25, -0.2) is 24.5 Å². The average Bonchev–Trinajstić information content (AvgIpc) is 3.17. The van der Waals surface area contributed by atoms with Gasteiger partial charge in [0.2, 0.25) is 5.28 Å². The van der Waals surface area contributed by atoms with E-state index in [-0.39, 0.29) is 28.0 Å². The number of methoxy groups -OCH3 is 2. The van der Waals surface area contributed by atoms with E-state index in [9.17, 15) is 19.8 Å². The Morgan fingerprint density at radius 1 is 1.19 bits per heavy atom. The molecule has 27 heavy (non-hydrogen) atoms. The summed E-state index contributed by atoms with van der Waals surface area (Å²) in [5, 5.41) is 20.9. The zero-order valence-electron chi connectivity index (χ0n) is 14.1. The molecule has 0 saturated heterocycles. The number of halogens is 2. The number of imide groups is 1. The van der Waals surface area contributed by atoms with Gasteiger partial charge in [0.25, 0.3) is 0 Å². The molecule has 0 radical (unpaired) electrons. The number of amides is 2. The summed E-state index contributed by atoms with van der Waals surface area (Å²) in [5.41, 5.74) is 0.489. The van der Waals surface area contributed by atoms with Crippen molar-refractivity contribution in [1.82, 2.24) is 24.4 Å². The lowest BCUT2D eigenvalue weighted by atomic mass is 10.2. The van der Waals surface area contributed by atoms with Crippen LogP contribution in [0.1, 0.15) is 12.5 Å². The topological polar surface area (TPSA) is 140 Å². The summed E-state index contributed by atoms with van der Waals surface area (Å²) in [6.45, 7) is 0. The lowest BCUT2D eigenvalue weighted by molar-refractivity contribution is -0.00695. The van der Waals surface area contributed by atoms with E-state index in [1.807, 2.05) is 0 Å². The van der Waals surface area contributed by atoms with Gasteiger partial charge in [-0.2, -0.15) is 4.98 Å². The summed E-state index contributed by atoms with van der Waals surface area (Å²) < 4.78 is 10.6. The van der Waals surface area contributed by atoms with Crippen molar-refractivity contribution >= 4 is 46.6 Å². The number of imidazole rings is 1. The lowest BCUT2D eigenvalue weighted by Crippen LogP contribution is -2.49. The molecule has 0 bridgehead atoms. The fraction of sp³-hybridized carbons (Fsp3) is 0.500. The molecular weight excluding hydrogens is 405 g/mol. The van der Waals surface area contributed by atoms with Crippen LogP contribution in [-0.2, 0) is 9.47 Å². The molecule has 1 aliphatic rings. The molecule has 0 aliphatic heterocycles. The quantitative estimate of drug-likeness (QED) is 0.538. The number of hydrogen-bond donors (Lipinski definition) is 2. The number of fused-ring (bicyclic) bond motifs is 1. The number of ether oxygens (including phenoxy) is 2. The molecule has 0 unspecified atom stereocenters. The van der Waals surface area contributed by atoms with E-state index in [1.165, 1.54) is 10.9 Å². The third kappa shape index (κ3) is 3.27. The van der Waals surface area contributed by atoms with Crippen molar-refractivity contribution in [2.24, 2.45) is 0 Å². The highest BCUT2D eigenvalue weighted by molar-refractivity contribution is 6.35. The van der Waals surface area contributed by atoms with E-state index < -0.39 is 36.5 Å². The summed E-state index contributed by atoms with van der Waals surface area (Å²) in [5.74, 6) is 0. The van der Waals surface area contributed by atoms with E-state index in [0.29, 0.717) is 4.90 Å². The molecule has 3 rings (SSSR count). The molecule has 2 aromatic heterocycles. The summed E-state index contributed by atoms with van der Waals surface area (Å²) >= 11 is 11.8. The zero-order chi connectivity index (χ0) is 19.9. The number of aliphatic hydroxyl groups is 2. The predicted molar refractivity (Wildman–Crippen MR) is 91.4 cm³/mol. The number of aromatic nitrogens is 4. The minimum absolute atomic E-state index is 0.0166. The minimum atomic E-state index is -1.46. The van der Waals surface area contributed by atoms with Crippen molar-refractivity contribution in [2.75, 3.05) is 14.2 Å². The molecule has 13 heteroatoms. The van der Waals surface area contributed by atoms with E-state index in [2.05, 4.69) is 24.4 Å². The summed E-state index contributed by atoms with van der Waals surface area (Å²) in [4.78, 5) is 36.5. The van der Waals surface area contributed by atoms with Gasteiger partial charge < -0.3 is 24.3 Å².